The van der Waals surface area contributed by atoms with Crippen LogP contribution in [0.3, 0.4) is 0 Å². The molecule has 0 unspecified atom stereocenters. The molecule has 1 saturated heterocycles. The minimum Gasteiger partial charge on any atom is -0.448 e. The number of carbonyl (C=O) groups is 2. The lowest BCUT2D eigenvalue weighted by Gasteiger charge is -2.36. The van der Waals surface area contributed by atoms with Gasteiger partial charge in [-0.05, 0) is 54.6 Å². The molecule has 0 radical (unpaired) electrons. The number of aromatic amines is 1. The van der Waals surface area contributed by atoms with Crippen molar-refractivity contribution in [1.82, 2.24) is 9.88 Å². The minimum absolute atomic E-state index is 0.128. The molecule has 5 nitrogen and oxygen atoms in total. The average Bonchev–Trinajstić information content (AvgIpc) is 2.86. The van der Waals surface area contributed by atoms with Gasteiger partial charge >= 0.3 is 5.97 Å². The smallest absolute Gasteiger partial charge is 0.355 e. The molecule has 0 aromatic carbocycles. The van der Waals surface area contributed by atoms with E-state index in [9.17, 15) is 9.59 Å². The Morgan fingerprint density at radius 1 is 1.55 bits per heavy atom. The monoisotopic (exact) mass is 390 g/mol. The van der Waals surface area contributed by atoms with Gasteiger partial charge in [0.05, 0.1) is 5.02 Å². The van der Waals surface area contributed by atoms with Crippen LogP contribution in [0.4, 0.5) is 0 Å². The van der Waals surface area contributed by atoms with Crippen molar-refractivity contribution in [2.75, 3.05) is 6.54 Å². The zero-order valence-electron chi connectivity index (χ0n) is 12.7. The molecular formula is C15H20BrClN2O3. The van der Waals surface area contributed by atoms with Crippen molar-refractivity contribution in [3.05, 3.63) is 21.4 Å². The van der Waals surface area contributed by atoms with Gasteiger partial charge in [-0.1, -0.05) is 18.5 Å². The number of nitrogens with zero attached hydrogens (tertiary/aromatic N) is 1. The molecule has 0 bridgehead atoms. The number of rotatable bonds is 4. The molecule has 1 N–H and O–H groups in total. The summed E-state index contributed by atoms with van der Waals surface area (Å²) >= 11 is 9.06. The Morgan fingerprint density at radius 2 is 2.27 bits per heavy atom. The number of esters is 1. The second kappa shape index (κ2) is 7.51. The van der Waals surface area contributed by atoms with Gasteiger partial charge in [0.15, 0.2) is 6.10 Å². The number of piperidine rings is 1. The fourth-order valence-electron chi connectivity index (χ4n) is 2.74. The van der Waals surface area contributed by atoms with Crippen LogP contribution >= 0.6 is 27.5 Å². The highest BCUT2D eigenvalue weighted by molar-refractivity contribution is 9.10. The molecule has 2 rings (SSSR count). The third kappa shape index (κ3) is 3.84. The van der Waals surface area contributed by atoms with Crippen LogP contribution in [0.25, 0.3) is 0 Å². The van der Waals surface area contributed by atoms with Crippen molar-refractivity contribution >= 4 is 39.4 Å². The summed E-state index contributed by atoms with van der Waals surface area (Å²) in [6, 6.07) is 1.72. The molecule has 1 fully saturated rings. The van der Waals surface area contributed by atoms with Crippen LogP contribution in [0.5, 0.6) is 0 Å². The topological polar surface area (TPSA) is 62.4 Å². The molecule has 2 atom stereocenters. The van der Waals surface area contributed by atoms with Gasteiger partial charge in [0.25, 0.3) is 5.91 Å². The number of hydrogen-bond donors (Lipinski definition) is 1. The van der Waals surface area contributed by atoms with E-state index in [2.05, 4.69) is 27.8 Å². The minimum atomic E-state index is -0.805. The Kier molecular flexibility index (Phi) is 5.92. The van der Waals surface area contributed by atoms with E-state index in [0.29, 0.717) is 9.63 Å². The normalized spacial score (nSPS) is 19.8. The van der Waals surface area contributed by atoms with Gasteiger partial charge in [-0.15, -0.1) is 0 Å². The van der Waals surface area contributed by atoms with E-state index in [1.165, 1.54) is 6.07 Å². The molecule has 1 aromatic rings. The molecule has 22 heavy (non-hydrogen) atoms. The van der Waals surface area contributed by atoms with Crippen LogP contribution in [-0.2, 0) is 9.53 Å². The van der Waals surface area contributed by atoms with Gasteiger partial charge in [0, 0.05) is 12.6 Å². The predicted octanol–water partition coefficient (Wildman–Crippen LogP) is 3.77. The van der Waals surface area contributed by atoms with Gasteiger partial charge < -0.3 is 14.6 Å². The molecule has 7 heteroatoms. The van der Waals surface area contributed by atoms with Gasteiger partial charge in [0.1, 0.15) is 10.3 Å². The summed E-state index contributed by atoms with van der Waals surface area (Å²) in [5, 5.41) is 0.396. The number of ether oxygens (including phenoxy) is 1. The zero-order valence-corrected chi connectivity index (χ0v) is 15.0. The Morgan fingerprint density at radius 3 is 2.86 bits per heavy atom. The maximum absolute atomic E-state index is 12.5. The van der Waals surface area contributed by atoms with Crippen LogP contribution in [0.1, 0.15) is 50.0 Å². The summed E-state index contributed by atoms with van der Waals surface area (Å²) in [6.07, 6.45) is 3.28. The van der Waals surface area contributed by atoms with Gasteiger partial charge in [-0.2, -0.15) is 0 Å². The summed E-state index contributed by atoms with van der Waals surface area (Å²) in [5.41, 5.74) is 0.224. The summed E-state index contributed by atoms with van der Waals surface area (Å²) in [7, 11) is 0. The van der Waals surface area contributed by atoms with Crippen LogP contribution in [0.2, 0.25) is 5.02 Å². The Balaban J connectivity index is 1.99. The summed E-state index contributed by atoms with van der Waals surface area (Å²) in [4.78, 5) is 29.2. The van der Waals surface area contributed by atoms with Crippen molar-refractivity contribution in [1.29, 1.82) is 0 Å². The van der Waals surface area contributed by atoms with E-state index in [1.807, 2.05) is 4.90 Å². The summed E-state index contributed by atoms with van der Waals surface area (Å²) in [5.74, 6) is -0.713. The second-order valence-electron chi connectivity index (χ2n) is 5.48. The highest BCUT2D eigenvalue weighted by Gasteiger charge is 2.30. The molecule has 1 aromatic heterocycles. The number of nitrogens with one attached hydrogen (secondary N) is 1. The first kappa shape index (κ1) is 17.3. The van der Waals surface area contributed by atoms with E-state index in [-0.39, 0.29) is 17.6 Å². The molecule has 0 aliphatic carbocycles. The first-order chi connectivity index (χ1) is 10.4. The molecule has 1 aliphatic rings. The van der Waals surface area contributed by atoms with Crippen LogP contribution in [-0.4, -0.2) is 40.5 Å². The van der Waals surface area contributed by atoms with E-state index in [1.54, 1.807) is 6.92 Å². The van der Waals surface area contributed by atoms with Crippen molar-refractivity contribution < 1.29 is 14.3 Å². The fourth-order valence-corrected chi connectivity index (χ4v) is 3.22. The van der Waals surface area contributed by atoms with Gasteiger partial charge in [-0.25, -0.2) is 4.79 Å². The maximum Gasteiger partial charge on any atom is 0.355 e. The Hall–Kier alpha value is -1.01. The highest BCUT2D eigenvalue weighted by Crippen LogP contribution is 2.24. The van der Waals surface area contributed by atoms with E-state index >= 15 is 0 Å². The molecule has 1 aliphatic heterocycles. The van der Waals surface area contributed by atoms with Crippen molar-refractivity contribution in [3.8, 4) is 0 Å². The van der Waals surface area contributed by atoms with Crippen LogP contribution < -0.4 is 0 Å². The Bertz CT molecular complexity index is 541. The molecule has 2 heterocycles. The number of H-pyrrole nitrogens is 1. The third-order valence-corrected chi connectivity index (χ3v) is 5.11. The first-order valence-corrected chi connectivity index (χ1v) is 8.66. The number of aromatic nitrogens is 1. The second-order valence-corrected chi connectivity index (χ2v) is 6.68. The van der Waals surface area contributed by atoms with Crippen LogP contribution in [0.15, 0.2) is 10.7 Å². The Labute approximate surface area is 143 Å². The van der Waals surface area contributed by atoms with Gasteiger partial charge in [-0.3, -0.25) is 4.79 Å². The van der Waals surface area contributed by atoms with Crippen LogP contribution in [0, 0.1) is 0 Å². The molecule has 1 amide bonds. The van der Waals surface area contributed by atoms with Crippen molar-refractivity contribution in [3.63, 3.8) is 0 Å². The molecular weight excluding hydrogens is 372 g/mol. The zero-order chi connectivity index (χ0) is 16.3. The standard InChI is InChI=1S/C15H20BrClN2O3/c1-3-10-6-4-5-7-19(10)14(20)9(2)22-15(21)12-8-11(17)13(16)18-12/h8-10,18H,3-7H2,1-2H3/t9-,10-/m0/s1. The fraction of sp³-hybridized carbons (Fsp3) is 0.600. The van der Waals surface area contributed by atoms with Crippen molar-refractivity contribution in [2.24, 2.45) is 0 Å². The summed E-state index contributed by atoms with van der Waals surface area (Å²) in [6.45, 7) is 4.42. The lowest BCUT2D eigenvalue weighted by atomic mass is 9.99. The molecule has 122 valence electrons. The highest BCUT2D eigenvalue weighted by atomic mass is 79.9. The van der Waals surface area contributed by atoms with E-state index in [4.69, 9.17) is 16.3 Å². The van der Waals surface area contributed by atoms with E-state index in [0.717, 1.165) is 32.2 Å². The average molecular weight is 392 g/mol. The van der Waals surface area contributed by atoms with Gasteiger partial charge in [0.2, 0.25) is 0 Å². The van der Waals surface area contributed by atoms with E-state index < -0.39 is 12.1 Å². The SMILES string of the molecule is CC[C@H]1CCCCN1C(=O)[C@H](C)OC(=O)c1cc(Cl)c(Br)[nH]1. The molecule has 0 saturated carbocycles. The number of halogens is 2. The first-order valence-electron chi connectivity index (χ1n) is 7.49. The lowest BCUT2D eigenvalue weighted by molar-refractivity contribution is -0.143. The van der Waals surface area contributed by atoms with Crippen molar-refractivity contribution in [2.45, 2.75) is 51.7 Å². The lowest BCUT2D eigenvalue weighted by Crippen LogP contribution is -2.48. The molecule has 0 spiro atoms. The number of hydrogen-bond acceptors (Lipinski definition) is 3. The number of likely N-dealkylation sites (tertiary alicyclic amines) is 1. The number of carbonyl (C=O) groups excluding carboxylic acids is 2. The number of amides is 1. The summed E-state index contributed by atoms with van der Waals surface area (Å²) < 4.78 is 5.79. The maximum atomic E-state index is 12.5. The predicted molar refractivity (Wildman–Crippen MR) is 88.0 cm³/mol. The quantitative estimate of drug-likeness (QED) is 0.795. The largest absolute Gasteiger partial charge is 0.448 e. The third-order valence-electron chi connectivity index (χ3n) is 3.96.